The Bertz CT molecular complexity index is 399. The van der Waals surface area contributed by atoms with Crippen LogP contribution in [0.3, 0.4) is 0 Å². The normalized spacial score (nSPS) is 9.00. The standard InChI is InChI=1S/C7H3ClN2O3/c8-5-1-2-6(9-4-11)7(3-5)10(12)13/h1-3H. The number of nitro benzene ring substituents is 1. The molecule has 0 aliphatic rings. The Kier molecular flexibility index (Phi) is 2.74. The summed E-state index contributed by atoms with van der Waals surface area (Å²) in [5, 5.41) is 10.6. The van der Waals surface area contributed by atoms with Gasteiger partial charge in [-0.05, 0) is 12.1 Å². The van der Waals surface area contributed by atoms with Crippen LogP contribution in [0.25, 0.3) is 0 Å². The first-order chi connectivity index (χ1) is 6.15. The molecule has 0 unspecified atom stereocenters. The summed E-state index contributed by atoms with van der Waals surface area (Å²) in [6.07, 6.45) is 1.23. The van der Waals surface area contributed by atoms with Crippen LogP contribution >= 0.6 is 11.6 Å². The molecule has 0 fully saturated rings. The van der Waals surface area contributed by atoms with E-state index < -0.39 is 4.92 Å². The molecule has 0 saturated heterocycles. The molecule has 0 N–H and O–H groups in total. The van der Waals surface area contributed by atoms with Crippen molar-refractivity contribution in [3.05, 3.63) is 33.3 Å². The SMILES string of the molecule is O=C=Nc1ccc(Cl)cc1[N+](=O)[O-]. The van der Waals surface area contributed by atoms with Gasteiger partial charge in [0.1, 0.15) is 0 Å². The maximum Gasteiger partial charge on any atom is 0.297 e. The van der Waals surface area contributed by atoms with Crippen molar-refractivity contribution in [3.63, 3.8) is 0 Å². The molecule has 0 aliphatic heterocycles. The molecule has 66 valence electrons. The number of hydrogen-bond donors (Lipinski definition) is 0. The molecule has 0 aliphatic carbocycles. The third-order valence-corrected chi connectivity index (χ3v) is 1.54. The van der Waals surface area contributed by atoms with E-state index in [9.17, 15) is 14.9 Å². The molecule has 0 bridgehead atoms. The zero-order valence-electron chi connectivity index (χ0n) is 6.23. The summed E-state index contributed by atoms with van der Waals surface area (Å²) in [7, 11) is 0. The fourth-order valence-corrected chi connectivity index (χ4v) is 0.953. The molecule has 0 heterocycles. The molecule has 0 atom stereocenters. The van der Waals surface area contributed by atoms with Gasteiger partial charge in [0.15, 0.2) is 5.69 Å². The second kappa shape index (κ2) is 3.80. The van der Waals surface area contributed by atoms with Gasteiger partial charge in [-0.15, -0.1) is 0 Å². The number of aliphatic imine (C=N–C) groups is 1. The second-order valence-corrected chi connectivity index (χ2v) is 2.53. The molecule has 5 nitrogen and oxygen atoms in total. The number of benzene rings is 1. The number of isocyanates is 1. The van der Waals surface area contributed by atoms with Crippen molar-refractivity contribution >= 4 is 29.1 Å². The van der Waals surface area contributed by atoms with E-state index in [0.717, 1.165) is 6.07 Å². The summed E-state index contributed by atoms with van der Waals surface area (Å²) in [6, 6.07) is 3.81. The largest absolute Gasteiger partial charge is 0.297 e. The second-order valence-electron chi connectivity index (χ2n) is 2.09. The van der Waals surface area contributed by atoms with Crippen LogP contribution in [0.4, 0.5) is 11.4 Å². The van der Waals surface area contributed by atoms with E-state index in [-0.39, 0.29) is 16.4 Å². The Hall–Kier alpha value is -1.71. The first kappa shape index (κ1) is 9.38. The van der Waals surface area contributed by atoms with Gasteiger partial charge in [-0.1, -0.05) is 11.6 Å². The molecule has 0 saturated carbocycles. The van der Waals surface area contributed by atoms with Crippen LogP contribution in [0.1, 0.15) is 0 Å². The highest BCUT2D eigenvalue weighted by atomic mass is 35.5. The van der Waals surface area contributed by atoms with Gasteiger partial charge in [-0.2, -0.15) is 4.99 Å². The topological polar surface area (TPSA) is 72.6 Å². The van der Waals surface area contributed by atoms with Crippen molar-refractivity contribution < 1.29 is 9.72 Å². The molecule has 1 aromatic rings. The zero-order valence-corrected chi connectivity index (χ0v) is 6.99. The van der Waals surface area contributed by atoms with Gasteiger partial charge in [0.05, 0.1) is 4.92 Å². The lowest BCUT2D eigenvalue weighted by Crippen LogP contribution is -1.87. The van der Waals surface area contributed by atoms with Gasteiger partial charge < -0.3 is 0 Å². The van der Waals surface area contributed by atoms with Crippen molar-refractivity contribution in [2.75, 3.05) is 0 Å². The lowest BCUT2D eigenvalue weighted by atomic mass is 10.3. The van der Waals surface area contributed by atoms with Crippen LogP contribution in [0, 0.1) is 10.1 Å². The molecule has 1 rings (SSSR count). The first-order valence-corrected chi connectivity index (χ1v) is 3.55. The number of nitrogens with zero attached hydrogens (tertiary/aromatic N) is 2. The van der Waals surface area contributed by atoms with E-state index in [1.165, 1.54) is 18.2 Å². The average molecular weight is 199 g/mol. The van der Waals surface area contributed by atoms with Crippen molar-refractivity contribution in [1.82, 2.24) is 0 Å². The fraction of sp³-hybridized carbons (Fsp3) is 0. The number of carbonyl (C=O) groups excluding carboxylic acids is 1. The summed E-state index contributed by atoms with van der Waals surface area (Å²) >= 11 is 5.52. The molecule has 0 aromatic heterocycles. The van der Waals surface area contributed by atoms with E-state index in [1.807, 2.05) is 0 Å². The Balaban J connectivity index is 3.34. The van der Waals surface area contributed by atoms with Crippen LogP contribution in [-0.4, -0.2) is 11.0 Å². The maximum atomic E-state index is 10.4. The van der Waals surface area contributed by atoms with Gasteiger partial charge in [-0.25, -0.2) is 4.79 Å². The minimum Gasteiger partial charge on any atom is -0.258 e. The zero-order chi connectivity index (χ0) is 9.84. The van der Waals surface area contributed by atoms with E-state index in [4.69, 9.17) is 11.6 Å². The first-order valence-electron chi connectivity index (χ1n) is 3.17. The van der Waals surface area contributed by atoms with Gasteiger partial charge in [-0.3, -0.25) is 10.1 Å². The monoisotopic (exact) mass is 198 g/mol. The van der Waals surface area contributed by atoms with Gasteiger partial charge in [0.25, 0.3) is 5.69 Å². The smallest absolute Gasteiger partial charge is 0.258 e. The quantitative estimate of drug-likeness (QED) is 0.317. The predicted molar refractivity (Wildman–Crippen MR) is 45.9 cm³/mol. The highest BCUT2D eigenvalue weighted by molar-refractivity contribution is 6.30. The minimum atomic E-state index is -0.665. The van der Waals surface area contributed by atoms with Crippen molar-refractivity contribution in [2.45, 2.75) is 0 Å². The Morgan fingerprint density at radius 2 is 2.23 bits per heavy atom. The number of nitro groups is 1. The van der Waals surface area contributed by atoms with Crippen molar-refractivity contribution in [1.29, 1.82) is 0 Å². The van der Waals surface area contributed by atoms with Crippen LogP contribution in [0.5, 0.6) is 0 Å². The molecule has 6 heteroatoms. The van der Waals surface area contributed by atoms with Crippen LogP contribution in [0.2, 0.25) is 5.02 Å². The summed E-state index contributed by atoms with van der Waals surface area (Å²) in [4.78, 5) is 22.8. The van der Waals surface area contributed by atoms with Crippen molar-refractivity contribution in [2.24, 2.45) is 4.99 Å². The lowest BCUT2D eigenvalue weighted by molar-refractivity contribution is -0.384. The fourth-order valence-electron chi connectivity index (χ4n) is 0.787. The maximum absolute atomic E-state index is 10.4. The predicted octanol–water partition coefficient (Wildman–Crippen LogP) is 2.22. The molecule has 1 aromatic carbocycles. The molecular weight excluding hydrogens is 196 g/mol. The van der Waals surface area contributed by atoms with Gasteiger partial charge in [0.2, 0.25) is 6.08 Å². The highest BCUT2D eigenvalue weighted by Gasteiger charge is 2.13. The third kappa shape index (κ3) is 2.11. The van der Waals surface area contributed by atoms with Gasteiger partial charge in [0, 0.05) is 11.1 Å². The van der Waals surface area contributed by atoms with Crippen molar-refractivity contribution in [3.8, 4) is 0 Å². The molecule has 0 spiro atoms. The molecule has 0 amide bonds. The summed E-state index contributed by atoms with van der Waals surface area (Å²) < 4.78 is 0. The third-order valence-electron chi connectivity index (χ3n) is 1.30. The van der Waals surface area contributed by atoms with E-state index in [0.29, 0.717) is 0 Å². The van der Waals surface area contributed by atoms with E-state index in [1.54, 1.807) is 0 Å². The Morgan fingerprint density at radius 3 is 2.77 bits per heavy atom. The van der Waals surface area contributed by atoms with E-state index in [2.05, 4.69) is 4.99 Å². The highest BCUT2D eigenvalue weighted by Crippen LogP contribution is 2.29. The summed E-state index contributed by atoms with van der Waals surface area (Å²) in [5.41, 5.74) is -0.361. The summed E-state index contributed by atoms with van der Waals surface area (Å²) in [5.74, 6) is 0. The van der Waals surface area contributed by atoms with Crippen LogP contribution in [-0.2, 0) is 4.79 Å². The van der Waals surface area contributed by atoms with Crippen LogP contribution in [0.15, 0.2) is 23.2 Å². The lowest BCUT2D eigenvalue weighted by Gasteiger charge is -1.94. The molecule has 0 radical (unpaired) electrons. The minimum absolute atomic E-state index is 0.0515. The average Bonchev–Trinajstić information content (AvgIpc) is 2.08. The Morgan fingerprint density at radius 1 is 1.54 bits per heavy atom. The number of halogens is 1. The van der Waals surface area contributed by atoms with Crippen LogP contribution < -0.4 is 0 Å². The van der Waals surface area contributed by atoms with Gasteiger partial charge >= 0.3 is 0 Å². The summed E-state index contributed by atoms with van der Waals surface area (Å²) in [6.45, 7) is 0. The number of rotatable bonds is 2. The molecular formula is C7H3ClN2O3. The number of hydrogen-bond acceptors (Lipinski definition) is 4. The Labute approximate surface area is 77.8 Å². The molecule has 13 heavy (non-hydrogen) atoms. The van der Waals surface area contributed by atoms with E-state index >= 15 is 0 Å².